The molecule has 0 aliphatic carbocycles. The number of halogens is 4. The minimum Gasteiger partial charge on any atom is -0.280 e. The Bertz CT molecular complexity index is 848. The second-order valence-electron chi connectivity index (χ2n) is 5.04. The van der Waals surface area contributed by atoms with Gasteiger partial charge in [0.25, 0.3) is 10.0 Å². The summed E-state index contributed by atoms with van der Waals surface area (Å²) in [6.45, 7) is 3.58. The summed E-state index contributed by atoms with van der Waals surface area (Å²) in [7, 11) is -3.99. The van der Waals surface area contributed by atoms with Gasteiger partial charge in [-0.25, -0.2) is 8.42 Å². The van der Waals surface area contributed by atoms with Crippen molar-refractivity contribution in [2.45, 2.75) is 24.9 Å². The number of sulfonamides is 1. The van der Waals surface area contributed by atoms with E-state index < -0.39 is 26.8 Å². The molecule has 23 heavy (non-hydrogen) atoms. The standard InChI is InChI=1S/C15H13ClF3NO2S/c1-9-3-5-12(7-10(9)2)23(21,22)20-11-4-6-14(16)13(8-11)15(17,18)19/h3-8,20H,1-2H3. The molecular weight excluding hydrogens is 351 g/mol. The molecule has 124 valence electrons. The monoisotopic (exact) mass is 363 g/mol. The molecule has 0 saturated heterocycles. The van der Waals surface area contributed by atoms with Crippen LogP contribution in [0.15, 0.2) is 41.3 Å². The average molecular weight is 364 g/mol. The van der Waals surface area contributed by atoms with Gasteiger partial charge in [-0.15, -0.1) is 0 Å². The number of hydrogen-bond acceptors (Lipinski definition) is 2. The number of benzene rings is 2. The Balaban J connectivity index is 2.39. The summed E-state index contributed by atoms with van der Waals surface area (Å²) in [6, 6.07) is 7.33. The third-order valence-electron chi connectivity index (χ3n) is 3.31. The molecule has 0 unspecified atom stereocenters. The van der Waals surface area contributed by atoms with E-state index in [4.69, 9.17) is 11.6 Å². The van der Waals surface area contributed by atoms with E-state index in [0.29, 0.717) is 6.07 Å². The molecule has 1 N–H and O–H groups in total. The minimum atomic E-state index is -4.67. The first-order chi connectivity index (χ1) is 10.5. The fraction of sp³-hybridized carbons (Fsp3) is 0.200. The Labute approximate surface area is 137 Å². The van der Waals surface area contributed by atoms with Crippen LogP contribution in [-0.2, 0) is 16.2 Å². The molecule has 0 aliphatic heterocycles. The Morgan fingerprint density at radius 3 is 2.22 bits per heavy atom. The van der Waals surface area contributed by atoms with Crippen molar-refractivity contribution >= 4 is 27.3 Å². The molecule has 0 saturated carbocycles. The highest BCUT2D eigenvalue weighted by atomic mass is 35.5. The fourth-order valence-corrected chi connectivity index (χ4v) is 3.26. The maximum atomic E-state index is 12.8. The first kappa shape index (κ1) is 17.6. The van der Waals surface area contributed by atoms with E-state index in [0.717, 1.165) is 17.2 Å². The van der Waals surface area contributed by atoms with Crippen LogP contribution in [0.1, 0.15) is 16.7 Å². The van der Waals surface area contributed by atoms with Crippen LogP contribution >= 0.6 is 11.6 Å². The quantitative estimate of drug-likeness (QED) is 0.853. The van der Waals surface area contributed by atoms with Gasteiger partial charge in [-0.3, -0.25) is 4.72 Å². The van der Waals surface area contributed by atoms with Crippen LogP contribution in [0.5, 0.6) is 0 Å². The van der Waals surface area contributed by atoms with Crippen LogP contribution in [0.4, 0.5) is 18.9 Å². The summed E-state index contributed by atoms with van der Waals surface area (Å²) in [6.07, 6.45) is -4.67. The topological polar surface area (TPSA) is 46.2 Å². The molecule has 3 nitrogen and oxygen atoms in total. The lowest BCUT2D eigenvalue weighted by molar-refractivity contribution is -0.137. The van der Waals surface area contributed by atoms with Gasteiger partial charge >= 0.3 is 6.18 Å². The predicted octanol–water partition coefficient (Wildman–Crippen LogP) is 4.78. The van der Waals surface area contributed by atoms with Gasteiger partial charge in [0.1, 0.15) is 0 Å². The Morgan fingerprint density at radius 1 is 1.00 bits per heavy atom. The molecule has 0 heterocycles. The molecule has 2 aromatic carbocycles. The van der Waals surface area contributed by atoms with Gasteiger partial charge < -0.3 is 0 Å². The highest BCUT2D eigenvalue weighted by molar-refractivity contribution is 7.92. The van der Waals surface area contributed by atoms with Crippen molar-refractivity contribution in [3.8, 4) is 0 Å². The third-order valence-corrected chi connectivity index (χ3v) is 5.02. The van der Waals surface area contributed by atoms with Gasteiger partial charge in [-0.2, -0.15) is 13.2 Å². The number of rotatable bonds is 3. The fourth-order valence-electron chi connectivity index (χ4n) is 1.90. The van der Waals surface area contributed by atoms with Crippen molar-refractivity contribution in [2.24, 2.45) is 0 Å². The van der Waals surface area contributed by atoms with Gasteiger partial charge in [-0.05, 0) is 55.3 Å². The molecule has 0 aliphatic rings. The summed E-state index contributed by atoms with van der Waals surface area (Å²) in [5.74, 6) is 0. The highest BCUT2D eigenvalue weighted by Crippen LogP contribution is 2.36. The summed E-state index contributed by atoms with van der Waals surface area (Å²) in [5, 5.41) is -0.494. The van der Waals surface area contributed by atoms with Crippen molar-refractivity contribution in [1.29, 1.82) is 0 Å². The number of anilines is 1. The minimum absolute atomic E-state index is 0.0240. The molecule has 0 fully saturated rings. The molecule has 0 bridgehead atoms. The van der Waals surface area contributed by atoms with Crippen molar-refractivity contribution < 1.29 is 21.6 Å². The lowest BCUT2D eigenvalue weighted by atomic mass is 10.1. The Kier molecular flexibility index (Phi) is 4.64. The second kappa shape index (κ2) is 6.05. The zero-order valence-corrected chi connectivity index (χ0v) is 13.8. The van der Waals surface area contributed by atoms with Crippen LogP contribution in [0.2, 0.25) is 5.02 Å². The molecule has 2 aromatic rings. The molecular formula is C15H13ClF3NO2S. The lowest BCUT2D eigenvalue weighted by Gasteiger charge is -2.13. The molecule has 0 amide bonds. The van der Waals surface area contributed by atoms with E-state index in [2.05, 4.69) is 4.72 Å². The molecule has 0 atom stereocenters. The van der Waals surface area contributed by atoms with Crippen LogP contribution in [-0.4, -0.2) is 8.42 Å². The number of hydrogen-bond donors (Lipinski definition) is 1. The summed E-state index contributed by atoms with van der Waals surface area (Å²) >= 11 is 5.51. The zero-order chi connectivity index (χ0) is 17.4. The van der Waals surface area contributed by atoms with Gasteiger partial charge in [0.05, 0.1) is 15.5 Å². The molecule has 0 spiro atoms. The molecule has 0 aromatic heterocycles. The van der Waals surface area contributed by atoms with Gasteiger partial charge in [0, 0.05) is 5.69 Å². The first-order valence-electron chi connectivity index (χ1n) is 6.47. The Hall–Kier alpha value is -1.73. The molecule has 8 heteroatoms. The number of nitrogens with one attached hydrogen (secondary N) is 1. The average Bonchev–Trinajstić information content (AvgIpc) is 2.42. The summed E-state index contributed by atoms with van der Waals surface area (Å²) in [4.78, 5) is -0.0240. The summed E-state index contributed by atoms with van der Waals surface area (Å²) < 4.78 is 65.2. The van der Waals surface area contributed by atoms with E-state index in [-0.39, 0.29) is 10.6 Å². The van der Waals surface area contributed by atoms with Crippen molar-refractivity contribution in [3.63, 3.8) is 0 Å². The Morgan fingerprint density at radius 2 is 1.65 bits per heavy atom. The predicted molar refractivity (Wildman–Crippen MR) is 83.2 cm³/mol. The van der Waals surface area contributed by atoms with Crippen LogP contribution < -0.4 is 4.72 Å². The van der Waals surface area contributed by atoms with E-state index in [1.807, 2.05) is 6.92 Å². The zero-order valence-electron chi connectivity index (χ0n) is 12.2. The number of aryl methyl sites for hydroxylation is 2. The first-order valence-corrected chi connectivity index (χ1v) is 8.33. The van der Waals surface area contributed by atoms with E-state index >= 15 is 0 Å². The van der Waals surface area contributed by atoms with Gasteiger partial charge in [0.2, 0.25) is 0 Å². The maximum absolute atomic E-state index is 12.8. The maximum Gasteiger partial charge on any atom is 0.417 e. The molecule has 0 radical (unpaired) electrons. The SMILES string of the molecule is Cc1ccc(S(=O)(=O)Nc2ccc(Cl)c(C(F)(F)F)c2)cc1C. The highest BCUT2D eigenvalue weighted by Gasteiger charge is 2.33. The van der Waals surface area contributed by atoms with E-state index in [1.54, 1.807) is 13.0 Å². The van der Waals surface area contributed by atoms with Gasteiger partial charge in [0.15, 0.2) is 0 Å². The van der Waals surface area contributed by atoms with Gasteiger partial charge in [-0.1, -0.05) is 17.7 Å². The second-order valence-corrected chi connectivity index (χ2v) is 7.13. The lowest BCUT2D eigenvalue weighted by Crippen LogP contribution is -2.14. The van der Waals surface area contributed by atoms with Crippen molar-refractivity contribution in [3.05, 3.63) is 58.1 Å². The van der Waals surface area contributed by atoms with E-state index in [1.165, 1.54) is 18.2 Å². The normalized spacial score (nSPS) is 12.3. The van der Waals surface area contributed by atoms with Crippen molar-refractivity contribution in [1.82, 2.24) is 0 Å². The summed E-state index contributed by atoms with van der Waals surface area (Å²) in [5.41, 5.74) is 0.370. The van der Waals surface area contributed by atoms with Crippen LogP contribution in [0, 0.1) is 13.8 Å². The smallest absolute Gasteiger partial charge is 0.280 e. The number of alkyl halides is 3. The third kappa shape index (κ3) is 3.97. The van der Waals surface area contributed by atoms with Crippen LogP contribution in [0.25, 0.3) is 0 Å². The molecule has 2 rings (SSSR count). The van der Waals surface area contributed by atoms with E-state index in [9.17, 15) is 21.6 Å². The van der Waals surface area contributed by atoms with Crippen molar-refractivity contribution in [2.75, 3.05) is 4.72 Å². The van der Waals surface area contributed by atoms with Crippen LogP contribution in [0.3, 0.4) is 0 Å². The largest absolute Gasteiger partial charge is 0.417 e.